The summed E-state index contributed by atoms with van der Waals surface area (Å²) in [5, 5.41) is 2.95. The molecule has 6 nitrogen and oxygen atoms in total. The molecule has 0 atom stereocenters. The number of amides is 1. The third-order valence-electron chi connectivity index (χ3n) is 5.73. The van der Waals surface area contributed by atoms with E-state index < -0.39 is 10.0 Å². The largest absolute Gasteiger partial charge is 0.322 e. The maximum atomic E-state index is 12.8. The molecular formula is C25H27N3O3S. The molecule has 4 rings (SSSR count). The second-order valence-corrected chi connectivity index (χ2v) is 9.90. The smallest absolute Gasteiger partial charge is 0.255 e. The molecule has 0 radical (unpaired) electrons. The Morgan fingerprint density at radius 2 is 1.47 bits per heavy atom. The van der Waals surface area contributed by atoms with E-state index >= 15 is 0 Å². The van der Waals surface area contributed by atoms with E-state index in [0.29, 0.717) is 36.6 Å². The number of para-hydroxylation sites is 1. The van der Waals surface area contributed by atoms with E-state index in [2.05, 4.69) is 10.2 Å². The van der Waals surface area contributed by atoms with Crippen molar-refractivity contribution in [3.05, 3.63) is 95.6 Å². The van der Waals surface area contributed by atoms with Gasteiger partial charge in [0.15, 0.2) is 0 Å². The highest BCUT2D eigenvalue weighted by Gasteiger charge is 2.28. The van der Waals surface area contributed by atoms with Crippen LogP contribution in [0.4, 0.5) is 5.69 Å². The maximum absolute atomic E-state index is 12.8. The average Bonchev–Trinajstić information content (AvgIpc) is 2.82. The van der Waals surface area contributed by atoms with E-state index in [1.807, 2.05) is 61.5 Å². The minimum Gasteiger partial charge on any atom is -0.322 e. The SMILES string of the molecule is Cc1ccccc1NC(=O)c1ccc(CN2CCN(S(=O)(=O)c3ccccc3)CC2)cc1. The number of piperazine rings is 1. The molecule has 1 fully saturated rings. The number of carbonyl (C=O) groups is 1. The van der Waals surface area contributed by atoms with Crippen molar-refractivity contribution in [3.8, 4) is 0 Å². The lowest BCUT2D eigenvalue weighted by Gasteiger charge is -2.34. The Bertz CT molecular complexity index is 1170. The Balaban J connectivity index is 1.32. The average molecular weight is 450 g/mol. The third kappa shape index (κ3) is 5.07. The molecule has 1 saturated heterocycles. The Morgan fingerprint density at radius 3 is 2.12 bits per heavy atom. The topological polar surface area (TPSA) is 69.7 Å². The highest BCUT2D eigenvalue weighted by atomic mass is 32.2. The van der Waals surface area contributed by atoms with Crippen LogP contribution in [0, 0.1) is 6.92 Å². The summed E-state index contributed by atoms with van der Waals surface area (Å²) >= 11 is 0. The summed E-state index contributed by atoms with van der Waals surface area (Å²) in [7, 11) is -3.44. The highest BCUT2D eigenvalue weighted by molar-refractivity contribution is 7.89. The van der Waals surface area contributed by atoms with Gasteiger partial charge in [0, 0.05) is 44.0 Å². The zero-order chi connectivity index (χ0) is 22.6. The molecular weight excluding hydrogens is 422 g/mol. The van der Waals surface area contributed by atoms with Gasteiger partial charge in [0.05, 0.1) is 4.90 Å². The molecule has 1 aliphatic rings. The zero-order valence-corrected chi connectivity index (χ0v) is 18.9. The molecule has 0 bridgehead atoms. The Hall–Kier alpha value is -3.00. The maximum Gasteiger partial charge on any atom is 0.255 e. The number of nitrogens with one attached hydrogen (secondary N) is 1. The second-order valence-electron chi connectivity index (χ2n) is 7.96. The van der Waals surface area contributed by atoms with Gasteiger partial charge in [0.1, 0.15) is 0 Å². The van der Waals surface area contributed by atoms with Crippen LogP contribution in [-0.4, -0.2) is 49.7 Å². The lowest BCUT2D eigenvalue weighted by atomic mass is 10.1. The molecule has 1 N–H and O–H groups in total. The summed E-state index contributed by atoms with van der Waals surface area (Å²) in [6.07, 6.45) is 0. The van der Waals surface area contributed by atoms with Gasteiger partial charge in [-0.1, -0.05) is 48.5 Å². The zero-order valence-electron chi connectivity index (χ0n) is 18.1. The quantitative estimate of drug-likeness (QED) is 0.622. The van der Waals surface area contributed by atoms with Crippen molar-refractivity contribution in [3.63, 3.8) is 0 Å². The van der Waals surface area contributed by atoms with E-state index in [0.717, 1.165) is 23.4 Å². The number of hydrogen-bond acceptors (Lipinski definition) is 4. The van der Waals surface area contributed by atoms with Gasteiger partial charge in [-0.2, -0.15) is 4.31 Å². The predicted molar refractivity (Wildman–Crippen MR) is 126 cm³/mol. The van der Waals surface area contributed by atoms with Gasteiger partial charge in [-0.15, -0.1) is 0 Å². The first-order valence-electron chi connectivity index (χ1n) is 10.7. The van der Waals surface area contributed by atoms with Crippen LogP contribution in [0.3, 0.4) is 0 Å². The Kier molecular flexibility index (Phi) is 6.69. The lowest BCUT2D eigenvalue weighted by molar-refractivity contribution is 0.102. The summed E-state index contributed by atoms with van der Waals surface area (Å²) in [4.78, 5) is 15.1. The fraction of sp³-hybridized carbons (Fsp3) is 0.240. The summed E-state index contributed by atoms with van der Waals surface area (Å²) in [5.41, 5.74) is 3.53. The normalized spacial score (nSPS) is 15.4. The van der Waals surface area contributed by atoms with Crippen LogP contribution < -0.4 is 5.32 Å². The second kappa shape index (κ2) is 9.65. The molecule has 0 spiro atoms. The van der Waals surface area contributed by atoms with Gasteiger partial charge in [-0.3, -0.25) is 9.69 Å². The minimum absolute atomic E-state index is 0.134. The first-order valence-corrected chi connectivity index (χ1v) is 12.1. The molecule has 166 valence electrons. The third-order valence-corrected chi connectivity index (χ3v) is 7.64. The molecule has 0 unspecified atom stereocenters. The number of anilines is 1. The number of rotatable bonds is 6. The first-order chi connectivity index (χ1) is 15.4. The van der Waals surface area contributed by atoms with E-state index in [1.165, 1.54) is 0 Å². The van der Waals surface area contributed by atoms with Crippen LogP contribution in [0.1, 0.15) is 21.5 Å². The number of carbonyl (C=O) groups excluding carboxylic acids is 1. The molecule has 32 heavy (non-hydrogen) atoms. The molecule has 7 heteroatoms. The molecule has 1 heterocycles. The molecule has 0 aromatic heterocycles. The van der Waals surface area contributed by atoms with E-state index in [4.69, 9.17) is 0 Å². The van der Waals surface area contributed by atoms with Gasteiger partial charge in [0.25, 0.3) is 5.91 Å². The summed E-state index contributed by atoms with van der Waals surface area (Å²) in [5.74, 6) is -0.134. The van der Waals surface area contributed by atoms with Gasteiger partial charge in [-0.25, -0.2) is 8.42 Å². The van der Waals surface area contributed by atoms with Crippen molar-refractivity contribution >= 4 is 21.6 Å². The van der Waals surface area contributed by atoms with Crippen LogP contribution in [0.5, 0.6) is 0 Å². The molecule has 3 aromatic carbocycles. The molecule has 0 saturated carbocycles. The standard InChI is InChI=1S/C25H27N3O3S/c1-20-7-5-6-10-24(20)26-25(29)22-13-11-21(12-14-22)19-27-15-17-28(18-16-27)32(30,31)23-8-3-2-4-9-23/h2-14H,15-19H2,1H3,(H,26,29). The van der Waals surface area contributed by atoms with Crippen LogP contribution in [0.25, 0.3) is 0 Å². The van der Waals surface area contributed by atoms with Crippen LogP contribution in [0.2, 0.25) is 0 Å². The molecule has 0 aliphatic carbocycles. The monoisotopic (exact) mass is 449 g/mol. The summed E-state index contributed by atoms with van der Waals surface area (Å²) < 4.78 is 27.1. The Labute approximate surface area is 189 Å². The number of benzene rings is 3. The van der Waals surface area contributed by atoms with Gasteiger partial charge >= 0.3 is 0 Å². The number of hydrogen-bond donors (Lipinski definition) is 1. The lowest BCUT2D eigenvalue weighted by Crippen LogP contribution is -2.48. The number of aryl methyl sites for hydroxylation is 1. The fourth-order valence-electron chi connectivity index (χ4n) is 3.80. The van der Waals surface area contributed by atoms with Crippen molar-refractivity contribution in [2.24, 2.45) is 0 Å². The van der Waals surface area contributed by atoms with Crippen LogP contribution >= 0.6 is 0 Å². The van der Waals surface area contributed by atoms with E-state index in [1.54, 1.807) is 28.6 Å². The van der Waals surface area contributed by atoms with Crippen molar-refractivity contribution in [2.45, 2.75) is 18.4 Å². The molecule has 3 aromatic rings. The number of nitrogens with zero attached hydrogens (tertiary/aromatic N) is 2. The predicted octanol–water partition coefficient (Wildman–Crippen LogP) is 3.75. The van der Waals surface area contributed by atoms with E-state index in [-0.39, 0.29) is 5.91 Å². The first kappa shape index (κ1) is 22.2. The van der Waals surface area contributed by atoms with Crippen molar-refractivity contribution < 1.29 is 13.2 Å². The van der Waals surface area contributed by atoms with Crippen molar-refractivity contribution in [1.29, 1.82) is 0 Å². The summed E-state index contributed by atoms with van der Waals surface area (Å²) in [6, 6.07) is 23.8. The molecule has 1 amide bonds. The van der Waals surface area contributed by atoms with Gasteiger partial charge < -0.3 is 5.32 Å². The van der Waals surface area contributed by atoms with Crippen LogP contribution in [0.15, 0.2) is 83.8 Å². The fourth-order valence-corrected chi connectivity index (χ4v) is 5.24. The summed E-state index contributed by atoms with van der Waals surface area (Å²) in [6.45, 7) is 4.95. The highest BCUT2D eigenvalue weighted by Crippen LogP contribution is 2.19. The van der Waals surface area contributed by atoms with E-state index in [9.17, 15) is 13.2 Å². The van der Waals surface area contributed by atoms with Gasteiger partial charge in [-0.05, 0) is 48.4 Å². The minimum atomic E-state index is -3.44. The molecule has 1 aliphatic heterocycles. The van der Waals surface area contributed by atoms with Crippen molar-refractivity contribution in [2.75, 3.05) is 31.5 Å². The number of sulfonamides is 1. The van der Waals surface area contributed by atoms with Crippen LogP contribution in [-0.2, 0) is 16.6 Å². The Morgan fingerprint density at radius 1 is 0.844 bits per heavy atom. The van der Waals surface area contributed by atoms with Gasteiger partial charge in [0.2, 0.25) is 10.0 Å². The van der Waals surface area contributed by atoms with Crippen molar-refractivity contribution in [1.82, 2.24) is 9.21 Å².